The second-order valence-electron chi connectivity index (χ2n) is 4.67. The van der Waals surface area contributed by atoms with Gasteiger partial charge in [0.15, 0.2) is 0 Å². The van der Waals surface area contributed by atoms with Gasteiger partial charge in [-0.2, -0.15) is 13.2 Å². The first-order chi connectivity index (χ1) is 9.29. The van der Waals surface area contributed by atoms with Gasteiger partial charge in [-0.15, -0.1) is 0 Å². The molecule has 1 aliphatic heterocycles. The van der Waals surface area contributed by atoms with E-state index in [-0.39, 0.29) is 5.69 Å². The lowest BCUT2D eigenvalue weighted by molar-refractivity contribution is -0.385. The molecular formula is C12H13F3N2O3. The molecule has 0 saturated carbocycles. The number of anilines is 1. The molecule has 0 unspecified atom stereocenters. The number of nitro benzene ring substituents is 1. The van der Waals surface area contributed by atoms with Crippen molar-refractivity contribution in [3.8, 4) is 0 Å². The molecule has 1 heterocycles. The molecule has 1 aromatic carbocycles. The smallest absolute Gasteiger partial charge is 0.393 e. The number of alkyl halides is 3. The minimum absolute atomic E-state index is 0.0741. The quantitative estimate of drug-likeness (QED) is 0.671. The standard InChI is InChI=1S/C12H13F3N2O3/c13-12(14,15)10-7-8(17(19)20)1-2-11(10)16-5-3-9(18)4-6-16/h1-2,7,9,18H,3-6H2. The Hall–Kier alpha value is -1.83. The van der Waals surface area contributed by atoms with Gasteiger partial charge in [0, 0.05) is 30.9 Å². The molecule has 0 spiro atoms. The van der Waals surface area contributed by atoms with Crippen molar-refractivity contribution in [2.45, 2.75) is 25.1 Å². The van der Waals surface area contributed by atoms with Crippen LogP contribution in [0.1, 0.15) is 18.4 Å². The Morgan fingerprint density at radius 3 is 2.40 bits per heavy atom. The minimum Gasteiger partial charge on any atom is -0.393 e. The van der Waals surface area contributed by atoms with Gasteiger partial charge in [0.25, 0.3) is 5.69 Å². The van der Waals surface area contributed by atoms with Crippen molar-refractivity contribution in [1.29, 1.82) is 0 Å². The average molecular weight is 290 g/mol. The number of piperidine rings is 1. The van der Waals surface area contributed by atoms with Gasteiger partial charge in [-0.1, -0.05) is 0 Å². The Morgan fingerprint density at radius 2 is 1.90 bits per heavy atom. The summed E-state index contributed by atoms with van der Waals surface area (Å²) in [5.74, 6) is 0. The normalized spacial score (nSPS) is 17.3. The zero-order valence-corrected chi connectivity index (χ0v) is 10.4. The molecule has 0 atom stereocenters. The summed E-state index contributed by atoms with van der Waals surface area (Å²) in [6.07, 6.45) is -4.39. The van der Waals surface area contributed by atoms with Crippen LogP contribution in [0.2, 0.25) is 0 Å². The second kappa shape index (κ2) is 5.28. The number of non-ortho nitro benzene ring substituents is 1. The van der Waals surface area contributed by atoms with Crippen molar-refractivity contribution in [2.24, 2.45) is 0 Å². The zero-order chi connectivity index (χ0) is 14.9. The lowest BCUT2D eigenvalue weighted by Gasteiger charge is -2.33. The van der Waals surface area contributed by atoms with Crippen LogP contribution >= 0.6 is 0 Å². The number of aliphatic hydroxyl groups is 1. The summed E-state index contributed by atoms with van der Waals surface area (Å²) in [5.41, 5.74) is -1.67. The molecule has 0 aliphatic carbocycles. The number of hydrogen-bond acceptors (Lipinski definition) is 4. The second-order valence-corrected chi connectivity index (χ2v) is 4.67. The highest BCUT2D eigenvalue weighted by molar-refractivity contribution is 5.59. The Bertz CT molecular complexity index is 511. The van der Waals surface area contributed by atoms with Gasteiger partial charge in [0.05, 0.1) is 16.6 Å². The lowest BCUT2D eigenvalue weighted by Crippen LogP contribution is -2.36. The van der Waals surface area contributed by atoms with Crippen LogP contribution in [0.4, 0.5) is 24.5 Å². The number of nitro groups is 1. The van der Waals surface area contributed by atoms with E-state index in [1.165, 1.54) is 4.90 Å². The van der Waals surface area contributed by atoms with Gasteiger partial charge in [-0.25, -0.2) is 0 Å². The maximum absolute atomic E-state index is 13.0. The van der Waals surface area contributed by atoms with Gasteiger partial charge >= 0.3 is 6.18 Å². The lowest BCUT2D eigenvalue weighted by atomic mass is 10.0. The van der Waals surface area contributed by atoms with Crippen molar-refractivity contribution in [3.63, 3.8) is 0 Å². The fourth-order valence-electron chi connectivity index (χ4n) is 2.25. The molecule has 1 saturated heterocycles. The van der Waals surface area contributed by atoms with E-state index >= 15 is 0 Å². The summed E-state index contributed by atoms with van der Waals surface area (Å²) in [6.45, 7) is 0.587. The molecule has 0 radical (unpaired) electrons. The van der Waals surface area contributed by atoms with Crippen molar-refractivity contribution in [3.05, 3.63) is 33.9 Å². The van der Waals surface area contributed by atoms with Gasteiger partial charge in [0.2, 0.25) is 0 Å². The Morgan fingerprint density at radius 1 is 1.30 bits per heavy atom. The van der Waals surface area contributed by atoms with Crippen molar-refractivity contribution >= 4 is 11.4 Å². The highest BCUT2D eigenvalue weighted by atomic mass is 19.4. The van der Waals surface area contributed by atoms with Crippen LogP contribution in [0.15, 0.2) is 18.2 Å². The van der Waals surface area contributed by atoms with E-state index < -0.39 is 28.5 Å². The molecule has 1 aromatic rings. The Balaban J connectivity index is 2.39. The van der Waals surface area contributed by atoms with E-state index in [2.05, 4.69) is 0 Å². The first-order valence-electron chi connectivity index (χ1n) is 6.07. The fraction of sp³-hybridized carbons (Fsp3) is 0.500. The molecule has 1 aliphatic rings. The van der Waals surface area contributed by atoms with E-state index in [1.807, 2.05) is 0 Å². The number of aliphatic hydroxyl groups excluding tert-OH is 1. The molecule has 0 bridgehead atoms. The third-order valence-corrected chi connectivity index (χ3v) is 3.30. The number of rotatable bonds is 2. The summed E-state index contributed by atoms with van der Waals surface area (Å²) in [6, 6.07) is 2.74. The number of hydrogen-bond donors (Lipinski definition) is 1. The number of benzene rings is 1. The molecule has 5 nitrogen and oxygen atoms in total. The van der Waals surface area contributed by atoms with Crippen LogP contribution < -0.4 is 4.90 Å². The first-order valence-corrected chi connectivity index (χ1v) is 6.07. The van der Waals surface area contributed by atoms with Crippen LogP contribution in [0.25, 0.3) is 0 Å². The first kappa shape index (κ1) is 14.6. The van der Waals surface area contributed by atoms with Crippen molar-refractivity contribution < 1.29 is 23.2 Å². The largest absolute Gasteiger partial charge is 0.418 e. The zero-order valence-electron chi connectivity index (χ0n) is 10.4. The summed E-state index contributed by atoms with van der Waals surface area (Å²) < 4.78 is 39.1. The fourth-order valence-corrected chi connectivity index (χ4v) is 2.25. The maximum Gasteiger partial charge on any atom is 0.418 e. The average Bonchev–Trinajstić information content (AvgIpc) is 2.38. The predicted octanol–water partition coefficient (Wildman–Crippen LogP) is 2.57. The van der Waals surface area contributed by atoms with Crippen molar-refractivity contribution in [2.75, 3.05) is 18.0 Å². The maximum atomic E-state index is 13.0. The summed E-state index contributed by atoms with van der Waals surface area (Å²) >= 11 is 0. The highest BCUT2D eigenvalue weighted by Gasteiger charge is 2.37. The highest BCUT2D eigenvalue weighted by Crippen LogP contribution is 2.39. The number of nitrogens with zero attached hydrogens (tertiary/aromatic N) is 2. The molecule has 0 aromatic heterocycles. The van der Waals surface area contributed by atoms with Crippen LogP contribution in [-0.2, 0) is 6.18 Å². The summed E-state index contributed by atoms with van der Waals surface area (Å²) in [5, 5.41) is 20.0. The van der Waals surface area contributed by atoms with Crippen LogP contribution in [0, 0.1) is 10.1 Å². The number of halogens is 3. The summed E-state index contributed by atoms with van der Waals surface area (Å²) in [7, 11) is 0. The molecule has 1 N–H and O–H groups in total. The van der Waals surface area contributed by atoms with Crippen LogP contribution in [-0.4, -0.2) is 29.2 Å². The predicted molar refractivity (Wildman–Crippen MR) is 65.6 cm³/mol. The van der Waals surface area contributed by atoms with Crippen molar-refractivity contribution in [1.82, 2.24) is 0 Å². The molecule has 110 valence electrons. The van der Waals surface area contributed by atoms with E-state index in [4.69, 9.17) is 0 Å². The van der Waals surface area contributed by atoms with Gasteiger partial charge in [-0.3, -0.25) is 10.1 Å². The minimum atomic E-state index is -4.66. The van der Waals surface area contributed by atoms with Gasteiger partial charge in [0.1, 0.15) is 0 Å². The van der Waals surface area contributed by atoms with E-state index in [0.29, 0.717) is 32.0 Å². The molecule has 20 heavy (non-hydrogen) atoms. The molecule has 2 rings (SSSR count). The Labute approximate surface area is 112 Å². The Kier molecular flexibility index (Phi) is 3.85. The van der Waals surface area contributed by atoms with Gasteiger partial charge < -0.3 is 10.0 Å². The monoisotopic (exact) mass is 290 g/mol. The SMILES string of the molecule is O=[N+]([O-])c1ccc(N2CCC(O)CC2)c(C(F)(F)F)c1. The van der Waals surface area contributed by atoms with E-state index in [9.17, 15) is 28.4 Å². The third-order valence-electron chi connectivity index (χ3n) is 3.30. The topological polar surface area (TPSA) is 66.6 Å². The van der Waals surface area contributed by atoms with Crippen LogP contribution in [0.5, 0.6) is 0 Å². The molecule has 0 amide bonds. The summed E-state index contributed by atoms with van der Waals surface area (Å²) in [4.78, 5) is 11.3. The molecular weight excluding hydrogens is 277 g/mol. The third kappa shape index (κ3) is 3.01. The molecule has 8 heteroatoms. The van der Waals surface area contributed by atoms with Crippen LogP contribution in [0.3, 0.4) is 0 Å². The molecule has 1 fully saturated rings. The van der Waals surface area contributed by atoms with Gasteiger partial charge in [-0.05, 0) is 18.9 Å². The van der Waals surface area contributed by atoms with E-state index in [1.54, 1.807) is 0 Å². The van der Waals surface area contributed by atoms with E-state index in [0.717, 1.165) is 12.1 Å².